The Hall–Kier alpha value is -1.09. The fourth-order valence-electron chi connectivity index (χ4n) is 3.15. The predicted octanol–water partition coefficient (Wildman–Crippen LogP) is 5.04. The lowest BCUT2D eigenvalue weighted by atomic mass is 10.2. The molecule has 2 aromatic rings. The lowest BCUT2D eigenvalue weighted by Gasteiger charge is -2.29. The Labute approximate surface area is 141 Å². The summed E-state index contributed by atoms with van der Waals surface area (Å²) in [7, 11) is -0.781. The smallest absolute Gasteiger partial charge is 0.279 e. The highest BCUT2D eigenvalue weighted by Gasteiger charge is 2.45. The summed E-state index contributed by atoms with van der Waals surface area (Å²) in [5.41, 5.74) is 1.26. The zero-order valence-corrected chi connectivity index (χ0v) is 14.7. The molecule has 2 aliphatic rings. The molecule has 0 N–H and O–H groups in total. The third-order valence-corrected chi connectivity index (χ3v) is 7.02. The van der Waals surface area contributed by atoms with Gasteiger partial charge in [-0.15, -0.1) is 0 Å². The Bertz CT molecular complexity index is 654. The molecule has 3 nitrogen and oxygen atoms in total. The molecule has 22 heavy (non-hydrogen) atoms. The Balaban J connectivity index is 1.65. The minimum Gasteiger partial charge on any atom is -0.439 e. The molecule has 0 saturated carbocycles. The first kappa shape index (κ1) is 14.5. The summed E-state index contributed by atoms with van der Waals surface area (Å²) < 4.78 is 12.5. The third-order valence-electron chi connectivity index (χ3n) is 4.23. The molecule has 0 spiro atoms. The van der Waals surface area contributed by atoms with E-state index in [0.717, 1.165) is 23.3 Å². The van der Waals surface area contributed by atoms with E-state index >= 15 is 0 Å². The van der Waals surface area contributed by atoms with Crippen molar-refractivity contribution in [1.82, 2.24) is 4.67 Å². The van der Waals surface area contributed by atoms with Gasteiger partial charge in [0.25, 0.3) is 8.45 Å². The second-order valence-electron chi connectivity index (χ2n) is 5.65. The lowest BCUT2D eigenvalue weighted by molar-refractivity contribution is 0.431. The van der Waals surface area contributed by atoms with Crippen molar-refractivity contribution in [3.63, 3.8) is 0 Å². The Morgan fingerprint density at radius 1 is 1.05 bits per heavy atom. The van der Waals surface area contributed by atoms with Crippen LogP contribution >= 0.6 is 24.4 Å². The largest absolute Gasteiger partial charge is 0.439 e. The molecule has 0 aliphatic carbocycles. The summed E-state index contributed by atoms with van der Waals surface area (Å²) in [5, 5.41) is 0. The molecule has 0 aromatic heterocycles. The van der Waals surface area contributed by atoms with E-state index in [-0.39, 0.29) is 0 Å². The molecular formula is C17H18BrN2OP. The molecule has 0 bridgehead atoms. The topological polar surface area (TPSA) is 15.7 Å². The minimum absolute atomic E-state index is 0.633. The van der Waals surface area contributed by atoms with Crippen LogP contribution in [-0.4, -0.2) is 23.8 Å². The van der Waals surface area contributed by atoms with Crippen LogP contribution in [-0.2, 0) is 0 Å². The third kappa shape index (κ3) is 2.64. The molecule has 0 radical (unpaired) electrons. The second-order valence-corrected chi connectivity index (χ2v) is 8.19. The van der Waals surface area contributed by atoms with E-state index in [4.69, 9.17) is 4.52 Å². The molecule has 114 valence electrons. The molecule has 2 atom stereocenters. The van der Waals surface area contributed by atoms with E-state index in [1.165, 1.54) is 18.5 Å². The fraction of sp³-hybridized carbons (Fsp3) is 0.294. The van der Waals surface area contributed by atoms with Gasteiger partial charge < -0.3 is 9.19 Å². The number of para-hydroxylation sites is 2. The predicted molar refractivity (Wildman–Crippen MR) is 95.2 cm³/mol. The fourth-order valence-corrected chi connectivity index (χ4v) is 5.90. The first-order valence-electron chi connectivity index (χ1n) is 7.64. The maximum absolute atomic E-state index is 6.46. The Morgan fingerprint density at radius 3 is 2.64 bits per heavy atom. The van der Waals surface area contributed by atoms with Gasteiger partial charge in [-0.2, -0.15) is 0 Å². The monoisotopic (exact) mass is 376 g/mol. The van der Waals surface area contributed by atoms with Crippen LogP contribution in [0.2, 0.25) is 0 Å². The Morgan fingerprint density at radius 2 is 1.82 bits per heavy atom. The normalized spacial score (nSPS) is 24.5. The average molecular weight is 377 g/mol. The standard InChI is InChI=1S/C17H18BrN2OP/c18-16-10-4-5-11-17(16)21-22-19-12-6-9-15(19)13-20(22)14-7-2-1-3-8-14/h1-5,7-8,10-11,15H,6,9,12-13H2/t15-,22+/m0/s1. The quantitative estimate of drug-likeness (QED) is 0.697. The maximum Gasteiger partial charge on any atom is 0.279 e. The van der Waals surface area contributed by atoms with Crippen molar-refractivity contribution in [2.24, 2.45) is 0 Å². The summed E-state index contributed by atoms with van der Waals surface area (Å²) in [5.74, 6) is 0.932. The average Bonchev–Trinajstić information content (AvgIpc) is 3.13. The van der Waals surface area contributed by atoms with Gasteiger partial charge >= 0.3 is 0 Å². The van der Waals surface area contributed by atoms with Gasteiger partial charge in [0.15, 0.2) is 0 Å². The van der Waals surface area contributed by atoms with Gasteiger partial charge in [-0.3, -0.25) is 0 Å². The van der Waals surface area contributed by atoms with Crippen molar-refractivity contribution in [2.75, 3.05) is 17.8 Å². The first-order chi connectivity index (χ1) is 10.8. The van der Waals surface area contributed by atoms with Crippen molar-refractivity contribution in [2.45, 2.75) is 18.9 Å². The zero-order valence-electron chi connectivity index (χ0n) is 12.2. The van der Waals surface area contributed by atoms with Gasteiger partial charge in [-0.05, 0) is 53.0 Å². The van der Waals surface area contributed by atoms with Crippen LogP contribution in [0.15, 0.2) is 59.1 Å². The van der Waals surface area contributed by atoms with Crippen LogP contribution in [0.25, 0.3) is 0 Å². The summed E-state index contributed by atoms with van der Waals surface area (Å²) in [4.78, 5) is 0. The number of benzene rings is 2. The number of fused-ring (bicyclic) bond motifs is 1. The van der Waals surface area contributed by atoms with Gasteiger partial charge in [-0.1, -0.05) is 30.3 Å². The zero-order chi connectivity index (χ0) is 14.9. The molecule has 0 amide bonds. The van der Waals surface area contributed by atoms with E-state index in [1.807, 2.05) is 24.3 Å². The maximum atomic E-state index is 6.46. The number of hydrogen-bond acceptors (Lipinski definition) is 3. The van der Waals surface area contributed by atoms with E-state index in [2.05, 4.69) is 55.6 Å². The number of hydrogen-bond donors (Lipinski definition) is 0. The van der Waals surface area contributed by atoms with Crippen molar-refractivity contribution in [3.8, 4) is 5.75 Å². The van der Waals surface area contributed by atoms with Crippen molar-refractivity contribution < 1.29 is 4.52 Å². The molecule has 2 heterocycles. The number of rotatable bonds is 3. The van der Waals surface area contributed by atoms with Gasteiger partial charge in [0.05, 0.1) is 4.47 Å². The van der Waals surface area contributed by atoms with E-state index in [1.54, 1.807) is 0 Å². The van der Waals surface area contributed by atoms with E-state index in [9.17, 15) is 0 Å². The van der Waals surface area contributed by atoms with Crippen LogP contribution < -0.4 is 9.19 Å². The highest BCUT2D eigenvalue weighted by Crippen LogP contribution is 2.57. The van der Waals surface area contributed by atoms with Gasteiger partial charge in [0, 0.05) is 24.8 Å². The molecule has 2 aromatic carbocycles. The second kappa shape index (κ2) is 6.19. The first-order valence-corrected chi connectivity index (χ1v) is 9.60. The van der Waals surface area contributed by atoms with Crippen LogP contribution in [0, 0.1) is 0 Å². The molecular weight excluding hydrogens is 359 g/mol. The van der Waals surface area contributed by atoms with Crippen LogP contribution in [0.4, 0.5) is 5.69 Å². The molecule has 2 fully saturated rings. The van der Waals surface area contributed by atoms with Crippen molar-refractivity contribution in [1.29, 1.82) is 0 Å². The highest BCUT2D eigenvalue weighted by molar-refractivity contribution is 9.10. The number of nitrogens with zero attached hydrogens (tertiary/aromatic N) is 2. The summed E-state index contributed by atoms with van der Waals surface area (Å²) in [6.45, 7) is 2.21. The van der Waals surface area contributed by atoms with Gasteiger partial charge in [0.1, 0.15) is 5.75 Å². The highest BCUT2D eigenvalue weighted by atomic mass is 79.9. The SMILES string of the molecule is Brc1ccccc1O[P@@]1N(c2ccccc2)C[C@@H]2CCCN21. The summed E-state index contributed by atoms with van der Waals surface area (Å²) in [6, 6.07) is 19.4. The van der Waals surface area contributed by atoms with E-state index in [0.29, 0.717) is 6.04 Å². The van der Waals surface area contributed by atoms with Gasteiger partial charge in [-0.25, -0.2) is 4.67 Å². The van der Waals surface area contributed by atoms with Crippen molar-refractivity contribution >= 4 is 30.1 Å². The summed E-state index contributed by atoms with van der Waals surface area (Å²) >= 11 is 3.60. The number of anilines is 1. The molecule has 4 rings (SSSR count). The van der Waals surface area contributed by atoms with Crippen LogP contribution in [0.5, 0.6) is 5.75 Å². The molecule has 2 aliphatic heterocycles. The van der Waals surface area contributed by atoms with Gasteiger partial charge in [0.2, 0.25) is 0 Å². The molecule has 5 heteroatoms. The lowest BCUT2D eigenvalue weighted by Crippen LogP contribution is -2.20. The van der Waals surface area contributed by atoms with Crippen LogP contribution in [0.1, 0.15) is 12.8 Å². The summed E-state index contributed by atoms with van der Waals surface area (Å²) in [6.07, 6.45) is 2.56. The van der Waals surface area contributed by atoms with Crippen LogP contribution in [0.3, 0.4) is 0 Å². The van der Waals surface area contributed by atoms with E-state index < -0.39 is 8.45 Å². The minimum atomic E-state index is -0.781. The van der Waals surface area contributed by atoms with Crippen molar-refractivity contribution in [3.05, 3.63) is 59.1 Å². The molecule has 0 unspecified atom stereocenters. The number of halogens is 1. The molecule has 2 saturated heterocycles. The Kier molecular flexibility index (Phi) is 4.08.